The summed E-state index contributed by atoms with van der Waals surface area (Å²) in [5.41, 5.74) is 2.68. The van der Waals surface area contributed by atoms with Crippen LogP contribution < -0.4 is 10.1 Å². The Hall–Kier alpha value is -2.90. The molecule has 2 heterocycles. The van der Waals surface area contributed by atoms with Gasteiger partial charge < -0.3 is 10.1 Å². The van der Waals surface area contributed by atoms with Crippen LogP contribution in [0, 0.1) is 22.7 Å². The van der Waals surface area contributed by atoms with Crippen molar-refractivity contribution < 1.29 is 9.53 Å². The molecule has 1 atom stereocenters. The Bertz CT molecular complexity index is 1200. The molecule has 2 aromatic heterocycles. The molecular formula is C23H26N6O2S2. The molecule has 33 heavy (non-hydrogen) atoms. The average molecular weight is 483 g/mol. The summed E-state index contributed by atoms with van der Waals surface area (Å²) in [7, 11) is 1.60. The molecule has 0 bridgehead atoms. The van der Waals surface area contributed by atoms with Gasteiger partial charge in [-0.15, -0.1) is 16.4 Å². The number of nitrogens with zero attached hydrogens (tertiary/aromatic N) is 5. The third kappa shape index (κ3) is 5.04. The summed E-state index contributed by atoms with van der Waals surface area (Å²) in [6.07, 6.45) is 2.91. The number of benzene rings is 1. The fourth-order valence-corrected chi connectivity index (χ4v) is 5.98. The van der Waals surface area contributed by atoms with Crippen LogP contribution in [0.25, 0.3) is 5.69 Å². The Kier molecular flexibility index (Phi) is 6.72. The SMILES string of the molecule is COc1cccc(-n2nnnc2SCC(=O)Nc2sc3c(c2C#N)CC[C@@H](C(C)(C)C)C3)c1. The van der Waals surface area contributed by atoms with E-state index < -0.39 is 0 Å². The van der Waals surface area contributed by atoms with Gasteiger partial charge in [0.2, 0.25) is 11.1 Å². The molecule has 0 unspecified atom stereocenters. The number of fused-ring (bicyclic) bond motifs is 1. The molecule has 1 aliphatic carbocycles. The lowest BCUT2D eigenvalue weighted by atomic mass is 9.72. The molecule has 8 nitrogen and oxygen atoms in total. The van der Waals surface area contributed by atoms with Crippen LogP contribution in [0.2, 0.25) is 0 Å². The van der Waals surface area contributed by atoms with Crippen LogP contribution >= 0.6 is 23.1 Å². The number of thioether (sulfide) groups is 1. The number of tetrazole rings is 1. The number of nitrogens with one attached hydrogen (secondary N) is 1. The van der Waals surface area contributed by atoms with E-state index in [1.165, 1.54) is 28.0 Å². The highest BCUT2D eigenvalue weighted by Gasteiger charge is 2.32. The van der Waals surface area contributed by atoms with Crippen LogP contribution in [0.15, 0.2) is 29.4 Å². The second kappa shape index (κ2) is 9.53. The molecule has 0 spiro atoms. The van der Waals surface area contributed by atoms with Crippen LogP contribution in [-0.2, 0) is 17.6 Å². The maximum atomic E-state index is 12.7. The summed E-state index contributed by atoms with van der Waals surface area (Å²) in [6, 6.07) is 9.69. The van der Waals surface area contributed by atoms with E-state index in [2.05, 4.69) is 47.7 Å². The predicted octanol–water partition coefficient (Wildman–Crippen LogP) is 4.49. The van der Waals surface area contributed by atoms with Crippen LogP contribution in [0.1, 0.15) is 43.2 Å². The average Bonchev–Trinajstić information content (AvgIpc) is 3.40. The van der Waals surface area contributed by atoms with Gasteiger partial charge in [-0.05, 0) is 58.7 Å². The number of amides is 1. The quantitative estimate of drug-likeness (QED) is 0.516. The molecule has 10 heteroatoms. The number of carbonyl (C=O) groups excluding carboxylic acids is 1. The number of rotatable bonds is 6. The Balaban J connectivity index is 1.44. The second-order valence-corrected chi connectivity index (χ2v) is 11.1. The summed E-state index contributed by atoms with van der Waals surface area (Å²) in [5.74, 6) is 1.20. The van der Waals surface area contributed by atoms with Crippen LogP contribution in [0.4, 0.5) is 5.00 Å². The topological polar surface area (TPSA) is 106 Å². The predicted molar refractivity (Wildman–Crippen MR) is 129 cm³/mol. The first-order valence-corrected chi connectivity index (χ1v) is 12.5. The van der Waals surface area contributed by atoms with Gasteiger partial charge >= 0.3 is 0 Å². The van der Waals surface area contributed by atoms with Gasteiger partial charge in [0.25, 0.3) is 0 Å². The molecule has 1 N–H and O–H groups in total. The van der Waals surface area contributed by atoms with Crippen molar-refractivity contribution in [3.05, 3.63) is 40.3 Å². The second-order valence-electron chi connectivity index (χ2n) is 9.04. The van der Waals surface area contributed by atoms with Gasteiger partial charge in [0, 0.05) is 10.9 Å². The highest BCUT2D eigenvalue weighted by atomic mass is 32.2. The van der Waals surface area contributed by atoms with E-state index in [1.807, 2.05) is 24.3 Å². The van der Waals surface area contributed by atoms with Crippen molar-refractivity contribution >= 4 is 34.0 Å². The number of methoxy groups -OCH3 is 1. The molecular weight excluding hydrogens is 456 g/mol. The summed E-state index contributed by atoms with van der Waals surface area (Å²) in [4.78, 5) is 14.0. The van der Waals surface area contributed by atoms with Gasteiger partial charge in [-0.1, -0.05) is 38.6 Å². The Morgan fingerprint density at radius 2 is 2.24 bits per heavy atom. The summed E-state index contributed by atoms with van der Waals surface area (Å²) >= 11 is 2.78. The van der Waals surface area contributed by atoms with E-state index >= 15 is 0 Å². The van der Waals surface area contributed by atoms with Gasteiger partial charge in [0.15, 0.2) is 0 Å². The summed E-state index contributed by atoms with van der Waals surface area (Å²) < 4.78 is 6.83. The van der Waals surface area contributed by atoms with Crippen molar-refractivity contribution in [3.63, 3.8) is 0 Å². The van der Waals surface area contributed by atoms with Gasteiger partial charge in [0.1, 0.15) is 16.8 Å². The number of aromatic nitrogens is 4. The lowest BCUT2D eigenvalue weighted by molar-refractivity contribution is -0.113. The summed E-state index contributed by atoms with van der Waals surface area (Å²) in [6.45, 7) is 6.79. The number of anilines is 1. The van der Waals surface area contributed by atoms with E-state index in [1.54, 1.807) is 11.8 Å². The number of ether oxygens (including phenoxy) is 1. The van der Waals surface area contributed by atoms with Crippen LogP contribution in [-0.4, -0.2) is 39.0 Å². The standard InChI is InChI=1S/C23H26N6O2S2/c1-23(2,3)14-8-9-17-18(12-24)21(33-19(17)10-14)25-20(30)13-32-22-26-27-28-29(22)15-6-5-7-16(11-15)31-4/h5-7,11,14H,8-10,13H2,1-4H3,(H,25,30)/t14-/m1/s1. The van der Waals surface area contributed by atoms with Crippen molar-refractivity contribution in [2.75, 3.05) is 18.2 Å². The highest BCUT2D eigenvalue weighted by molar-refractivity contribution is 7.99. The molecule has 0 saturated heterocycles. The zero-order valence-electron chi connectivity index (χ0n) is 19.1. The zero-order valence-corrected chi connectivity index (χ0v) is 20.7. The van der Waals surface area contributed by atoms with Crippen molar-refractivity contribution in [2.24, 2.45) is 11.3 Å². The van der Waals surface area contributed by atoms with Crippen molar-refractivity contribution in [2.45, 2.75) is 45.2 Å². The monoisotopic (exact) mass is 482 g/mol. The normalized spacial score (nSPS) is 15.5. The third-order valence-electron chi connectivity index (χ3n) is 5.93. The van der Waals surface area contributed by atoms with Crippen LogP contribution in [0.5, 0.6) is 5.75 Å². The van der Waals surface area contributed by atoms with Gasteiger partial charge in [0.05, 0.1) is 24.1 Å². The number of hydrogen-bond acceptors (Lipinski definition) is 8. The molecule has 1 aromatic carbocycles. The third-order valence-corrected chi connectivity index (χ3v) is 8.02. The van der Waals surface area contributed by atoms with Crippen molar-refractivity contribution in [3.8, 4) is 17.5 Å². The van der Waals surface area contributed by atoms with E-state index in [0.717, 1.165) is 30.5 Å². The molecule has 0 aliphatic heterocycles. The maximum absolute atomic E-state index is 12.7. The highest BCUT2D eigenvalue weighted by Crippen LogP contribution is 2.44. The zero-order chi connectivity index (χ0) is 23.6. The van der Waals surface area contributed by atoms with E-state index in [4.69, 9.17) is 4.74 Å². The molecule has 1 amide bonds. The number of carbonyl (C=O) groups is 1. The van der Waals surface area contributed by atoms with Crippen molar-refractivity contribution in [1.29, 1.82) is 5.26 Å². The number of thiophene rings is 1. The maximum Gasteiger partial charge on any atom is 0.235 e. The van der Waals surface area contributed by atoms with E-state index in [9.17, 15) is 10.1 Å². The Labute approximate surface area is 201 Å². The molecule has 4 rings (SSSR count). The Morgan fingerprint density at radius 3 is 2.97 bits per heavy atom. The summed E-state index contributed by atoms with van der Waals surface area (Å²) in [5, 5.41) is 25.7. The smallest absolute Gasteiger partial charge is 0.235 e. The molecule has 0 fully saturated rings. The van der Waals surface area contributed by atoms with Crippen molar-refractivity contribution in [1.82, 2.24) is 20.2 Å². The largest absolute Gasteiger partial charge is 0.497 e. The van der Waals surface area contributed by atoms with Gasteiger partial charge in [-0.25, -0.2) is 0 Å². The minimum absolute atomic E-state index is 0.127. The minimum atomic E-state index is -0.192. The number of hydrogen-bond donors (Lipinski definition) is 1. The fraction of sp³-hybridized carbons (Fsp3) is 0.435. The lowest BCUT2D eigenvalue weighted by Gasteiger charge is -2.33. The molecule has 3 aromatic rings. The fourth-order valence-electron chi connectivity index (χ4n) is 4.00. The van der Waals surface area contributed by atoms with E-state index in [-0.39, 0.29) is 17.1 Å². The van der Waals surface area contributed by atoms with Gasteiger partial charge in [-0.3, -0.25) is 4.79 Å². The van der Waals surface area contributed by atoms with Crippen LogP contribution in [0.3, 0.4) is 0 Å². The Morgan fingerprint density at radius 1 is 1.42 bits per heavy atom. The first-order valence-electron chi connectivity index (χ1n) is 10.7. The van der Waals surface area contributed by atoms with Gasteiger partial charge in [-0.2, -0.15) is 9.94 Å². The number of nitriles is 1. The first-order chi connectivity index (χ1) is 15.8. The molecule has 1 aliphatic rings. The van der Waals surface area contributed by atoms with E-state index in [0.29, 0.717) is 27.4 Å². The minimum Gasteiger partial charge on any atom is -0.497 e. The lowest BCUT2D eigenvalue weighted by Crippen LogP contribution is -2.26. The molecule has 0 saturated carbocycles. The first kappa shape index (κ1) is 23.3. The molecule has 172 valence electrons. The molecule has 0 radical (unpaired) electrons.